The van der Waals surface area contributed by atoms with Crippen LogP contribution in [-0.2, 0) is 4.79 Å². The average Bonchev–Trinajstić information content (AvgIpc) is 3.33. The van der Waals surface area contributed by atoms with Crippen LogP contribution in [0.15, 0.2) is 50.7 Å². The van der Waals surface area contributed by atoms with Crippen molar-refractivity contribution in [3.8, 4) is 0 Å². The van der Waals surface area contributed by atoms with Gasteiger partial charge in [-0.1, -0.05) is 13.8 Å². The normalized spacial score (nSPS) is 26.9. The maximum atomic E-state index is 13.1. The standard InChI is InChI=1S/C20H25N3O3/c1-14-9-15(2)12-22(11-14)13-20(24)23-17(19-6-4-8-26-19)10-16(21-23)18-5-3-7-25-18/h3-8,14-15,17H,9-13H2,1-2H3/t14-,15+,17-/m0/s1. The van der Waals surface area contributed by atoms with Gasteiger partial charge in [0, 0.05) is 19.5 Å². The van der Waals surface area contributed by atoms with Crippen molar-refractivity contribution in [1.82, 2.24) is 9.91 Å². The Kier molecular flexibility index (Phi) is 4.68. The van der Waals surface area contributed by atoms with E-state index in [0.29, 0.717) is 30.6 Å². The molecule has 1 saturated heterocycles. The molecule has 6 nitrogen and oxygen atoms in total. The van der Waals surface area contributed by atoms with Crippen LogP contribution in [0.25, 0.3) is 0 Å². The van der Waals surface area contributed by atoms with E-state index in [1.165, 1.54) is 6.42 Å². The van der Waals surface area contributed by atoms with Crippen LogP contribution in [0.1, 0.15) is 44.3 Å². The van der Waals surface area contributed by atoms with Crippen molar-refractivity contribution in [3.63, 3.8) is 0 Å². The van der Waals surface area contributed by atoms with Crippen molar-refractivity contribution in [2.75, 3.05) is 19.6 Å². The Hall–Kier alpha value is -2.34. The number of nitrogens with zero attached hydrogens (tertiary/aromatic N) is 3. The molecule has 138 valence electrons. The Morgan fingerprint density at radius 3 is 2.54 bits per heavy atom. The Bertz CT molecular complexity index is 756. The van der Waals surface area contributed by atoms with E-state index in [4.69, 9.17) is 8.83 Å². The lowest BCUT2D eigenvalue weighted by atomic mass is 9.92. The van der Waals surface area contributed by atoms with E-state index in [2.05, 4.69) is 23.8 Å². The van der Waals surface area contributed by atoms with Gasteiger partial charge in [0.05, 0.1) is 19.1 Å². The summed E-state index contributed by atoms with van der Waals surface area (Å²) in [6, 6.07) is 7.24. The number of hydrogen-bond acceptors (Lipinski definition) is 5. The monoisotopic (exact) mass is 355 g/mol. The molecule has 0 radical (unpaired) electrons. The fourth-order valence-corrected chi connectivity index (χ4v) is 4.22. The maximum absolute atomic E-state index is 13.1. The topological polar surface area (TPSA) is 62.2 Å². The van der Waals surface area contributed by atoms with Gasteiger partial charge in [-0.05, 0) is 42.5 Å². The molecule has 0 saturated carbocycles. The van der Waals surface area contributed by atoms with E-state index in [-0.39, 0.29) is 11.9 Å². The zero-order chi connectivity index (χ0) is 18.1. The van der Waals surface area contributed by atoms with E-state index < -0.39 is 0 Å². The van der Waals surface area contributed by atoms with Crippen LogP contribution in [0.5, 0.6) is 0 Å². The molecule has 0 spiro atoms. The minimum atomic E-state index is -0.211. The van der Waals surface area contributed by atoms with Gasteiger partial charge < -0.3 is 8.83 Å². The van der Waals surface area contributed by atoms with Crippen molar-refractivity contribution in [2.24, 2.45) is 16.9 Å². The minimum absolute atomic E-state index is 0.00857. The summed E-state index contributed by atoms with van der Waals surface area (Å²) in [5.41, 5.74) is 0.783. The van der Waals surface area contributed by atoms with Gasteiger partial charge in [-0.15, -0.1) is 0 Å². The molecule has 0 bridgehead atoms. The van der Waals surface area contributed by atoms with E-state index >= 15 is 0 Å². The Balaban J connectivity index is 1.53. The summed E-state index contributed by atoms with van der Waals surface area (Å²) in [4.78, 5) is 15.3. The van der Waals surface area contributed by atoms with E-state index in [1.807, 2.05) is 24.3 Å². The third-order valence-electron chi connectivity index (χ3n) is 5.15. The molecule has 2 aromatic heterocycles. The molecule has 1 fully saturated rings. The molecule has 6 heteroatoms. The van der Waals surface area contributed by atoms with Crippen LogP contribution >= 0.6 is 0 Å². The predicted molar refractivity (Wildman–Crippen MR) is 97.5 cm³/mol. The third-order valence-corrected chi connectivity index (χ3v) is 5.15. The number of rotatable bonds is 4. The quantitative estimate of drug-likeness (QED) is 0.842. The van der Waals surface area contributed by atoms with Gasteiger partial charge >= 0.3 is 0 Å². The molecular weight excluding hydrogens is 330 g/mol. The smallest absolute Gasteiger partial charge is 0.257 e. The van der Waals surface area contributed by atoms with Gasteiger partial charge in [0.1, 0.15) is 23.3 Å². The highest BCUT2D eigenvalue weighted by Gasteiger charge is 2.36. The first-order valence-corrected chi connectivity index (χ1v) is 9.29. The summed E-state index contributed by atoms with van der Waals surface area (Å²) in [5, 5.41) is 6.18. The minimum Gasteiger partial charge on any atom is -0.467 e. The van der Waals surface area contributed by atoms with Crippen LogP contribution in [0, 0.1) is 11.8 Å². The molecule has 0 N–H and O–H groups in total. The molecule has 0 aliphatic carbocycles. The van der Waals surface area contributed by atoms with Gasteiger partial charge in [0.25, 0.3) is 5.91 Å². The summed E-state index contributed by atoms with van der Waals surface area (Å²) in [6.45, 7) is 6.82. The van der Waals surface area contributed by atoms with Crippen molar-refractivity contribution in [2.45, 2.75) is 32.7 Å². The van der Waals surface area contributed by atoms with Crippen LogP contribution in [0.3, 0.4) is 0 Å². The predicted octanol–water partition coefficient (Wildman–Crippen LogP) is 3.53. The van der Waals surface area contributed by atoms with E-state index in [1.54, 1.807) is 17.5 Å². The molecule has 4 rings (SSSR count). The van der Waals surface area contributed by atoms with Gasteiger partial charge in [-0.2, -0.15) is 5.10 Å². The van der Waals surface area contributed by atoms with Gasteiger partial charge in [-0.25, -0.2) is 5.01 Å². The lowest BCUT2D eigenvalue weighted by molar-refractivity contribution is -0.135. The van der Waals surface area contributed by atoms with Gasteiger partial charge in [0.15, 0.2) is 0 Å². The first-order valence-electron chi connectivity index (χ1n) is 9.29. The maximum Gasteiger partial charge on any atom is 0.257 e. The molecule has 0 unspecified atom stereocenters. The first-order chi connectivity index (χ1) is 12.6. The fourth-order valence-electron chi connectivity index (χ4n) is 4.22. The number of hydrogen-bond donors (Lipinski definition) is 0. The second-order valence-electron chi connectivity index (χ2n) is 7.64. The molecule has 2 aliphatic rings. The molecule has 4 heterocycles. The second kappa shape index (κ2) is 7.11. The Morgan fingerprint density at radius 1 is 1.15 bits per heavy atom. The Labute approximate surface area is 153 Å². The van der Waals surface area contributed by atoms with Crippen molar-refractivity contribution in [1.29, 1.82) is 0 Å². The molecule has 3 atom stereocenters. The van der Waals surface area contributed by atoms with Crippen molar-refractivity contribution < 1.29 is 13.6 Å². The number of carbonyl (C=O) groups is 1. The van der Waals surface area contributed by atoms with Crippen LogP contribution in [-0.4, -0.2) is 41.2 Å². The van der Waals surface area contributed by atoms with Crippen LogP contribution in [0.4, 0.5) is 0 Å². The number of furan rings is 2. The van der Waals surface area contributed by atoms with Crippen LogP contribution < -0.4 is 0 Å². The molecular formula is C20H25N3O3. The van der Waals surface area contributed by atoms with Crippen molar-refractivity contribution in [3.05, 3.63) is 48.3 Å². The van der Waals surface area contributed by atoms with E-state index in [9.17, 15) is 4.79 Å². The SMILES string of the molecule is C[C@@H]1C[C@H](C)CN(CC(=O)N2N=C(c3ccco3)C[C@H]2c2ccco2)C1. The van der Waals surface area contributed by atoms with Crippen LogP contribution in [0.2, 0.25) is 0 Å². The Morgan fingerprint density at radius 2 is 1.88 bits per heavy atom. The first kappa shape index (κ1) is 17.1. The number of hydrazone groups is 1. The summed E-state index contributed by atoms with van der Waals surface area (Å²) in [5.74, 6) is 2.71. The highest BCUT2D eigenvalue weighted by molar-refractivity contribution is 6.01. The molecule has 2 aliphatic heterocycles. The highest BCUT2D eigenvalue weighted by Crippen LogP contribution is 2.33. The zero-order valence-corrected chi connectivity index (χ0v) is 15.3. The largest absolute Gasteiger partial charge is 0.467 e. The molecule has 1 amide bonds. The molecule has 26 heavy (non-hydrogen) atoms. The molecule has 2 aromatic rings. The fraction of sp³-hybridized carbons (Fsp3) is 0.500. The summed E-state index contributed by atoms with van der Waals surface area (Å²) in [6.07, 6.45) is 5.08. The zero-order valence-electron chi connectivity index (χ0n) is 15.3. The van der Waals surface area contributed by atoms with Gasteiger partial charge in [0.2, 0.25) is 0 Å². The molecule has 0 aromatic carbocycles. The number of amides is 1. The highest BCUT2D eigenvalue weighted by atomic mass is 16.3. The van der Waals surface area contributed by atoms with Gasteiger partial charge in [-0.3, -0.25) is 9.69 Å². The second-order valence-corrected chi connectivity index (χ2v) is 7.64. The lowest BCUT2D eigenvalue weighted by Crippen LogP contribution is -2.44. The number of piperidine rings is 1. The van der Waals surface area contributed by atoms with Crippen molar-refractivity contribution >= 4 is 11.6 Å². The average molecular weight is 355 g/mol. The third kappa shape index (κ3) is 3.46. The summed E-state index contributed by atoms with van der Waals surface area (Å²) >= 11 is 0. The lowest BCUT2D eigenvalue weighted by Gasteiger charge is -2.35. The number of likely N-dealkylation sites (tertiary alicyclic amines) is 1. The summed E-state index contributed by atoms with van der Waals surface area (Å²) < 4.78 is 11.1. The summed E-state index contributed by atoms with van der Waals surface area (Å²) in [7, 11) is 0. The number of carbonyl (C=O) groups excluding carboxylic acids is 1. The van der Waals surface area contributed by atoms with E-state index in [0.717, 1.165) is 24.6 Å².